The van der Waals surface area contributed by atoms with Crippen molar-refractivity contribution in [2.75, 3.05) is 0 Å². The van der Waals surface area contributed by atoms with Gasteiger partial charge in [-0.05, 0) is 37.1 Å². The van der Waals surface area contributed by atoms with E-state index >= 15 is 0 Å². The molecule has 0 bridgehead atoms. The zero-order chi connectivity index (χ0) is 12.4. The predicted molar refractivity (Wildman–Crippen MR) is 70.6 cm³/mol. The Labute approximate surface area is 100 Å². The summed E-state index contributed by atoms with van der Waals surface area (Å²) in [5, 5.41) is 1.14. The molecular weight excluding hydrogens is 212 g/mol. The third kappa shape index (κ3) is 2.23. The number of primary amides is 1. The molecule has 0 spiro atoms. The van der Waals surface area contributed by atoms with Crippen LogP contribution in [0.3, 0.4) is 0 Å². The lowest BCUT2D eigenvalue weighted by atomic mass is 10.1. The topological polar surface area (TPSA) is 58.9 Å². The summed E-state index contributed by atoms with van der Waals surface area (Å²) in [6, 6.07) is 6.34. The minimum atomic E-state index is -0.426. The smallest absolute Gasteiger partial charge is 0.241 e. The van der Waals surface area contributed by atoms with Crippen molar-refractivity contribution in [3.63, 3.8) is 0 Å². The van der Waals surface area contributed by atoms with E-state index in [1.54, 1.807) is 6.08 Å². The lowest BCUT2D eigenvalue weighted by Crippen LogP contribution is -2.05. The molecule has 0 unspecified atom stereocenters. The van der Waals surface area contributed by atoms with Gasteiger partial charge in [-0.1, -0.05) is 13.0 Å². The molecule has 0 saturated carbocycles. The van der Waals surface area contributed by atoms with Crippen molar-refractivity contribution in [2.24, 2.45) is 5.73 Å². The Morgan fingerprint density at radius 1 is 1.47 bits per heavy atom. The van der Waals surface area contributed by atoms with Gasteiger partial charge in [0.05, 0.1) is 0 Å². The number of rotatable bonds is 3. The summed E-state index contributed by atoms with van der Waals surface area (Å²) in [4.78, 5) is 14.1. The average molecular weight is 228 g/mol. The number of aromatic amines is 1. The van der Waals surface area contributed by atoms with E-state index < -0.39 is 5.91 Å². The summed E-state index contributed by atoms with van der Waals surface area (Å²) in [5.41, 5.74) is 9.58. The molecule has 0 aliphatic carbocycles. The molecule has 3 nitrogen and oxygen atoms in total. The Hall–Kier alpha value is -2.03. The van der Waals surface area contributed by atoms with Crippen LogP contribution in [0.1, 0.15) is 23.7 Å². The molecule has 1 amide bonds. The first-order valence-corrected chi connectivity index (χ1v) is 5.70. The summed E-state index contributed by atoms with van der Waals surface area (Å²) in [7, 11) is 0. The standard InChI is InChI=1S/C14H16N2O/c1-3-10-4-6-13-12(8-10)11(9(2)16-13)5-7-14(15)17/h4-8,16H,3H2,1-2H3,(H2,15,17)/b7-5+. The fourth-order valence-electron chi connectivity index (χ4n) is 1.99. The molecule has 0 aliphatic rings. The van der Waals surface area contributed by atoms with Crippen LogP contribution in [0.2, 0.25) is 0 Å². The van der Waals surface area contributed by atoms with Crippen LogP contribution < -0.4 is 5.73 Å². The zero-order valence-corrected chi connectivity index (χ0v) is 10.1. The predicted octanol–water partition coefficient (Wildman–Crippen LogP) is 2.54. The second-order valence-corrected chi connectivity index (χ2v) is 4.13. The third-order valence-corrected chi connectivity index (χ3v) is 2.92. The lowest BCUT2D eigenvalue weighted by molar-refractivity contribution is -0.113. The molecule has 0 radical (unpaired) electrons. The van der Waals surface area contributed by atoms with Gasteiger partial charge < -0.3 is 10.7 Å². The highest BCUT2D eigenvalue weighted by Crippen LogP contribution is 2.24. The highest BCUT2D eigenvalue weighted by atomic mass is 16.1. The maximum absolute atomic E-state index is 10.8. The van der Waals surface area contributed by atoms with Gasteiger partial charge in [-0.25, -0.2) is 0 Å². The monoisotopic (exact) mass is 228 g/mol. The van der Waals surface area contributed by atoms with Gasteiger partial charge in [0.1, 0.15) is 0 Å². The van der Waals surface area contributed by atoms with Crippen molar-refractivity contribution in [2.45, 2.75) is 20.3 Å². The quantitative estimate of drug-likeness (QED) is 0.779. The number of aromatic nitrogens is 1. The fraction of sp³-hybridized carbons (Fsp3) is 0.214. The van der Waals surface area contributed by atoms with Crippen LogP contribution in [0.4, 0.5) is 0 Å². The van der Waals surface area contributed by atoms with Crippen LogP contribution in [-0.4, -0.2) is 10.9 Å². The lowest BCUT2D eigenvalue weighted by Gasteiger charge is -1.97. The molecule has 0 saturated heterocycles. The molecule has 3 heteroatoms. The van der Waals surface area contributed by atoms with E-state index in [9.17, 15) is 4.79 Å². The summed E-state index contributed by atoms with van der Waals surface area (Å²) >= 11 is 0. The fourth-order valence-corrected chi connectivity index (χ4v) is 1.99. The van der Waals surface area contributed by atoms with Crippen LogP contribution >= 0.6 is 0 Å². The van der Waals surface area contributed by atoms with Gasteiger partial charge >= 0.3 is 0 Å². The zero-order valence-electron chi connectivity index (χ0n) is 10.1. The molecule has 0 fully saturated rings. The highest BCUT2D eigenvalue weighted by Gasteiger charge is 2.06. The van der Waals surface area contributed by atoms with Crippen molar-refractivity contribution < 1.29 is 4.79 Å². The number of nitrogens with two attached hydrogens (primary N) is 1. The molecule has 88 valence electrons. The van der Waals surface area contributed by atoms with E-state index in [0.717, 1.165) is 28.6 Å². The first kappa shape index (κ1) is 11.5. The molecule has 1 aromatic heterocycles. The van der Waals surface area contributed by atoms with Crippen molar-refractivity contribution in [1.29, 1.82) is 0 Å². The molecule has 2 rings (SSSR count). The second kappa shape index (κ2) is 4.45. The molecule has 1 aromatic carbocycles. The van der Waals surface area contributed by atoms with Crippen molar-refractivity contribution >= 4 is 22.9 Å². The maximum atomic E-state index is 10.8. The van der Waals surface area contributed by atoms with Gasteiger partial charge in [-0.2, -0.15) is 0 Å². The van der Waals surface area contributed by atoms with Gasteiger partial charge in [0.2, 0.25) is 5.91 Å². The molecule has 17 heavy (non-hydrogen) atoms. The van der Waals surface area contributed by atoms with E-state index in [0.29, 0.717) is 0 Å². The summed E-state index contributed by atoms with van der Waals surface area (Å²) in [5.74, 6) is -0.426. The number of benzene rings is 1. The van der Waals surface area contributed by atoms with Gasteiger partial charge in [0.25, 0.3) is 0 Å². The Balaban J connectivity index is 2.60. The summed E-state index contributed by atoms with van der Waals surface area (Å²) in [6.07, 6.45) is 4.17. The first-order chi connectivity index (χ1) is 8.11. The molecule has 0 aliphatic heterocycles. The molecule has 3 N–H and O–H groups in total. The Bertz CT molecular complexity index is 594. The van der Waals surface area contributed by atoms with Crippen LogP contribution in [0.5, 0.6) is 0 Å². The minimum Gasteiger partial charge on any atom is -0.366 e. The van der Waals surface area contributed by atoms with Crippen molar-refractivity contribution in [3.05, 3.63) is 41.1 Å². The second-order valence-electron chi connectivity index (χ2n) is 4.13. The first-order valence-electron chi connectivity index (χ1n) is 5.70. The number of amides is 1. The van der Waals surface area contributed by atoms with Crippen LogP contribution in [-0.2, 0) is 11.2 Å². The van der Waals surface area contributed by atoms with Crippen molar-refractivity contribution in [1.82, 2.24) is 4.98 Å². The molecule has 2 aromatic rings. The highest BCUT2D eigenvalue weighted by molar-refractivity contribution is 5.96. The van der Waals surface area contributed by atoms with E-state index in [4.69, 9.17) is 5.73 Å². The number of nitrogens with one attached hydrogen (secondary N) is 1. The van der Waals surface area contributed by atoms with Gasteiger partial charge in [-0.15, -0.1) is 0 Å². The van der Waals surface area contributed by atoms with Crippen LogP contribution in [0.25, 0.3) is 17.0 Å². The number of hydrogen-bond acceptors (Lipinski definition) is 1. The third-order valence-electron chi connectivity index (χ3n) is 2.92. The van der Waals surface area contributed by atoms with Crippen molar-refractivity contribution in [3.8, 4) is 0 Å². The Kier molecular flexibility index (Phi) is 3.00. The SMILES string of the molecule is CCc1ccc2[nH]c(C)c(/C=C/C(N)=O)c2c1. The van der Waals surface area contributed by atoms with E-state index in [1.165, 1.54) is 11.6 Å². The maximum Gasteiger partial charge on any atom is 0.241 e. The number of H-pyrrole nitrogens is 1. The molecule has 0 atom stereocenters. The number of fused-ring (bicyclic) bond motifs is 1. The molecule has 1 heterocycles. The van der Waals surface area contributed by atoms with E-state index in [1.807, 2.05) is 6.92 Å². The minimum absolute atomic E-state index is 0.426. The number of hydrogen-bond donors (Lipinski definition) is 2. The number of aryl methyl sites for hydroxylation is 2. The largest absolute Gasteiger partial charge is 0.366 e. The van der Waals surface area contributed by atoms with Gasteiger partial charge in [-0.3, -0.25) is 4.79 Å². The average Bonchev–Trinajstić information content (AvgIpc) is 2.61. The van der Waals surface area contributed by atoms with Gasteiger partial charge in [0, 0.05) is 28.2 Å². The summed E-state index contributed by atoms with van der Waals surface area (Å²) < 4.78 is 0. The number of carbonyl (C=O) groups excluding carboxylic acids is 1. The number of carbonyl (C=O) groups is 1. The van der Waals surface area contributed by atoms with Crippen LogP contribution in [0.15, 0.2) is 24.3 Å². The van der Waals surface area contributed by atoms with E-state index in [2.05, 4.69) is 30.1 Å². The van der Waals surface area contributed by atoms with E-state index in [-0.39, 0.29) is 0 Å². The summed E-state index contributed by atoms with van der Waals surface area (Å²) in [6.45, 7) is 4.12. The van der Waals surface area contributed by atoms with Gasteiger partial charge in [0.15, 0.2) is 0 Å². The normalized spacial score (nSPS) is 11.4. The Morgan fingerprint density at radius 2 is 2.24 bits per heavy atom. The molecular formula is C14H16N2O. The Morgan fingerprint density at radius 3 is 2.88 bits per heavy atom. The van der Waals surface area contributed by atoms with Crippen LogP contribution in [0, 0.1) is 6.92 Å².